The topological polar surface area (TPSA) is 104 Å². The van der Waals surface area contributed by atoms with Gasteiger partial charge in [0, 0.05) is 29.4 Å². The van der Waals surface area contributed by atoms with Gasteiger partial charge in [-0.05, 0) is 49.7 Å². The third-order valence-corrected chi connectivity index (χ3v) is 6.24. The summed E-state index contributed by atoms with van der Waals surface area (Å²) in [5.41, 5.74) is 1.43. The number of aromatic nitrogens is 4. The van der Waals surface area contributed by atoms with Crippen molar-refractivity contribution in [3.63, 3.8) is 0 Å². The van der Waals surface area contributed by atoms with Gasteiger partial charge in [0.05, 0.1) is 12.1 Å². The number of hydrogen-bond acceptors (Lipinski definition) is 5. The number of carbonyl (C=O) groups is 1. The fourth-order valence-electron chi connectivity index (χ4n) is 4.91. The molecule has 144 valence electrons. The standard InChI is InChI=1S/C20H20FN5O2/c21-14-9-24-18(13-8-23-17-12(13)2-1-7-22-17)26-19(14)25-16-11-5-3-10(4-6-11)15(16)20(27)28/h1-2,7-11,15-16H,3-6H2,(H,22,23)(H,27,28)(H,24,25,26)/t10?,11?,15-,16?/m0/s1. The van der Waals surface area contributed by atoms with Crippen molar-refractivity contribution >= 4 is 22.8 Å². The highest BCUT2D eigenvalue weighted by Crippen LogP contribution is 2.46. The van der Waals surface area contributed by atoms with Gasteiger partial charge in [0.1, 0.15) is 5.65 Å². The first-order valence-corrected chi connectivity index (χ1v) is 9.56. The second-order valence-electron chi connectivity index (χ2n) is 7.70. The Labute approximate surface area is 160 Å². The van der Waals surface area contributed by atoms with Gasteiger partial charge < -0.3 is 15.4 Å². The summed E-state index contributed by atoms with van der Waals surface area (Å²) in [6.07, 6.45) is 8.37. The molecule has 3 heterocycles. The molecule has 3 aromatic heterocycles. The molecule has 0 radical (unpaired) electrons. The SMILES string of the molecule is O=C(O)[C@H]1C2CCC(CC2)C1Nc1nc(-c2c[nH]c3ncccc23)ncc1F. The monoisotopic (exact) mass is 381 g/mol. The van der Waals surface area contributed by atoms with Crippen LogP contribution in [0.25, 0.3) is 22.4 Å². The van der Waals surface area contributed by atoms with Crippen molar-refractivity contribution in [3.8, 4) is 11.4 Å². The Kier molecular flexibility index (Phi) is 3.99. The van der Waals surface area contributed by atoms with E-state index in [1.807, 2.05) is 12.1 Å². The highest BCUT2D eigenvalue weighted by atomic mass is 19.1. The number of rotatable bonds is 4. The smallest absolute Gasteiger partial charge is 0.308 e. The van der Waals surface area contributed by atoms with E-state index in [0.29, 0.717) is 11.5 Å². The molecular weight excluding hydrogens is 361 g/mol. The lowest BCUT2D eigenvalue weighted by Crippen LogP contribution is -2.51. The maximum Gasteiger partial charge on any atom is 0.308 e. The Morgan fingerprint density at radius 3 is 2.79 bits per heavy atom. The van der Waals surface area contributed by atoms with Gasteiger partial charge in [0.25, 0.3) is 0 Å². The summed E-state index contributed by atoms with van der Waals surface area (Å²) in [7, 11) is 0. The van der Waals surface area contributed by atoms with Gasteiger partial charge in [-0.3, -0.25) is 4.79 Å². The summed E-state index contributed by atoms with van der Waals surface area (Å²) in [6, 6.07) is 3.40. The van der Waals surface area contributed by atoms with Crippen molar-refractivity contribution in [2.24, 2.45) is 17.8 Å². The van der Waals surface area contributed by atoms with E-state index in [4.69, 9.17) is 0 Å². The summed E-state index contributed by atoms with van der Waals surface area (Å²) >= 11 is 0. The van der Waals surface area contributed by atoms with Gasteiger partial charge in [-0.2, -0.15) is 0 Å². The van der Waals surface area contributed by atoms with Crippen LogP contribution in [-0.4, -0.2) is 37.1 Å². The lowest BCUT2D eigenvalue weighted by molar-refractivity contribution is -0.148. The number of anilines is 1. The average molecular weight is 381 g/mol. The van der Waals surface area contributed by atoms with Gasteiger partial charge in [-0.25, -0.2) is 19.3 Å². The number of nitrogens with zero attached hydrogens (tertiary/aromatic N) is 3. The molecule has 0 aromatic carbocycles. The molecule has 8 heteroatoms. The molecule has 3 aliphatic rings. The fraction of sp³-hybridized carbons (Fsp3) is 0.400. The van der Waals surface area contributed by atoms with E-state index in [2.05, 4.69) is 25.3 Å². The third-order valence-electron chi connectivity index (χ3n) is 6.24. The molecular formula is C20H20FN5O2. The molecule has 2 bridgehead atoms. The molecule has 3 aliphatic carbocycles. The van der Waals surface area contributed by atoms with Crippen LogP contribution in [0.1, 0.15) is 25.7 Å². The number of hydrogen-bond donors (Lipinski definition) is 3. The Balaban J connectivity index is 1.50. The number of aromatic amines is 1. The predicted octanol–water partition coefficient (Wildman–Crippen LogP) is 3.46. The molecule has 3 aromatic rings. The molecule has 1 unspecified atom stereocenters. The second-order valence-corrected chi connectivity index (χ2v) is 7.70. The molecule has 0 spiro atoms. The van der Waals surface area contributed by atoms with Crippen molar-refractivity contribution in [1.29, 1.82) is 0 Å². The zero-order valence-corrected chi connectivity index (χ0v) is 15.1. The molecule has 3 N–H and O–H groups in total. The summed E-state index contributed by atoms with van der Waals surface area (Å²) < 4.78 is 14.5. The minimum atomic E-state index is -0.815. The molecule has 0 amide bonds. The highest BCUT2D eigenvalue weighted by molar-refractivity contribution is 5.91. The third kappa shape index (κ3) is 2.71. The van der Waals surface area contributed by atoms with Crippen LogP contribution in [0.2, 0.25) is 0 Å². The van der Waals surface area contributed by atoms with Crippen LogP contribution >= 0.6 is 0 Å². The molecule has 3 saturated carbocycles. The van der Waals surface area contributed by atoms with Crippen LogP contribution in [0.5, 0.6) is 0 Å². The van der Waals surface area contributed by atoms with Gasteiger partial charge in [-0.15, -0.1) is 0 Å². The lowest BCUT2D eigenvalue weighted by atomic mass is 9.61. The van der Waals surface area contributed by atoms with Crippen LogP contribution in [0.15, 0.2) is 30.7 Å². The quantitative estimate of drug-likeness (QED) is 0.639. The summed E-state index contributed by atoms with van der Waals surface area (Å²) in [5, 5.41) is 13.7. The maximum absolute atomic E-state index is 14.5. The molecule has 0 saturated heterocycles. The Hall–Kier alpha value is -3.03. The number of halogens is 1. The van der Waals surface area contributed by atoms with Gasteiger partial charge in [0.15, 0.2) is 17.5 Å². The molecule has 0 aliphatic heterocycles. The Bertz CT molecular complexity index is 1040. The average Bonchev–Trinajstić information content (AvgIpc) is 3.14. The van der Waals surface area contributed by atoms with E-state index in [1.165, 1.54) is 0 Å². The second kappa shape index (κ2) is 6.54. The minimum absolute atomic E-state index is 0.0621. The van der Waals surface area contributed by atoms with Gasteiger partial charge in [-0.1, -0.05) is 0 Å². The zero-order valence-electron chi connectivity index (χ0n) is 15.1. The van der Waals surface area contributed by atoms with E-state index < -0.39 is 17.7 Å². The maximum atomic E-state index is 14.5. The molecule has 6 rings (SSSR count). The van der Waals surface area contributed by atoms with Gasteiger partial charge in [0.2, 0.25) is 0 Å². The van der Waals surface area contributed by atoms with Crippen LogP contribution in [-0.2, 0) is 4.79 Å². The number of H-pyrrole nitrogens is 1. The van der Waals surface area contributed by atoms with Crippen LogP contribution in [0.3, 0.4) is 0 Å². The number of aliphatic carboxylic acids is 1. The molecule has 7 nitrogen and oxygen atoms in total. The van der Waals surface area contributed by atoms with Crippen molar-refractivity contribution in [3.05, 3.63) is 36.5 Å². The zero-order chi connectivity index (χ0) is 19.3. The van der Waals surface area contributed by atoms with Crippen molar-refractivity contribution < 1.29 is 14.3 Å². The van der Waals surface area contributed by atoms with E-state index >= 15 is 0 Å². The van der Waals surface area contributed by atoms with Crippen molar-refractivity contribution in [2.75, 3.05) is 5.32 Å². The summed E-state index contributed by atoms with van der Waals surface area (Å²) in [5.74, 6) is -1.10. The molecule has 2 atom stereocenters. The predicted molar refractivity (Wildman–Crippen MR) is 101 cm³/mol. The Morgan fingerprint density at radius 2 is 2.00 bits per heavy atom. The fourth-order valence-corrected chi connectivity index (χ4v) is 4.91. The summed E-state index contributed by atoms with van der Waals surface area (Å²) in [6.45, 7) is 0. The lowest BCUT2D eigenvalue weighted by Gasteiger charge is -2.47. The van der Waals surface area contributed by atoms with Crippen LogP contribution < -0.4 is 5.32 Å². The largest absolute Gasteiger partial charge is 0.481 e. The van der Waals surface area contributed by atoms with E-state index in [1.54, 1.807) is 12.4 Å². The first kappa shape index (κ1) is 17.1. The Morgan fingerprint density at radius 1 is 1.21 bits per heavy atom. The number of nitrogens with one attached hydrogen (secondary N) is 2. The van der Waals surface area contributed by atoms with Crippen LogP contribution in [0, 0.1) is 23.6 Å². The van der Waals surface area contributed by atoms with E-state index in [9.17, 15) is 14.3 Å². The van der Waals surface area contributed by atoms with Crippen molar-refractivity contribution in [1.82, 2.24) is 19.9 Å². The molecule has 28 heavy (non-hydrogen) atoms. The number of carboxylic acids is 1. The van der Waals surface area contributed by atoms with E-state index in [0.717, 1.165) is 42.8 Å². The van der Waals surface area contributed by atoms with Crippen molar-refractivity contribution in [2.45, 2.75) is 31.7 Å². The highest BCUT2D eigenvalue weighted by Gasteiger charge is 2.47. The first-order valence-electron chi connectivity index (χ1n) is 9.56. The van der Waals surface area contributed by atoms with E-state index in [-0.39, 0.29) is 23.7 Å². The molecule has 3 fully saturated rings. The minimum Gasteiger partial charge on any atom is -0.481 e. The van der Waals surface area contributed by atoms with Gasteiger partial charge >= 0.3 is 5.97 Å². The summed E-state index contributed by atoms with van der Waals surface area (Å²) in [4.78, 5) is 27.7. The number of pyridine rings is 1. The first-order chi connectivity index (χ1) is 13.6. The number of carboxylic acid groups (broad SMARTS) is 1. The number of fused-ring (bicyclic) bond motifs is 4. The normalized spacial score (nSPS) is 26.5. The van der Waals surface area contributed by atoms with Crippen LogP contribution in [0.4, 0.5) is 10.2 Å².